The highest BCUT2D eigenvalue weighted by Gasteiger charge is 2.27. The number of carbonyl (C=O) groups excluding carboxylic acids is 1. The molecule has 1 rings (SSSR count). The van der Waals surface area contributed by atoms with E-state index in [1.165, 1.54) is 18.1 Å². The molecule has 17 heavy (non-hydrogen) atoms. The molecule has 1 aromatic rings. The summed E-state index contributed by atoms with van der Waals surface area (Å²) in [7, 11) is 3.07. The molecule has 0 fully saturated rings. The second-order valence-corrected chi connectivity index (χ2v) is 3.52. The summed E-state index contributed by atoms with van der Waals surface area (Å²) in [5, 5.41) is 18.8. The lowest BCUT2D eigenvalue weighted by Gasteiger charge is -2.16. The number of aromatic nitrogens is 4. The maximum absolute atomic E-state index is 10.7. The van der Waals surface area contributed by atoms with Gasteiger partial charge >= 0.3 is 5.97 Å². The molecule has 1 N–H and O–H groups in total. The quantitative estimate of drug-likeness (QED) is 0.760. The summed E-state index contributed by atoms with van der Waals surface area (Å²) in [6, 6.07) is 0. The summed E-state index contributed by atoms with van der Waals surface area (Å²) in [6.07, 6.45) is 1.53. The number of aliphatic hydroxyl groups excluding tert-OH is 1. The third-order valence-electron chi connectivity index (χ3n) is 1.58. The van der Waals surface area contributed by atoms with Crippen molar-refractivity contribution >= 4 is 5.97 Å². The van der Waals surface area contributed by atoms with Crippen LogP contribution in [0.2, 0.25) is 0 Å². The summed E-state index contributed by atoms with van der Waals surface area (Å²) in [5.74, 6) is -0.384. The normalized spacial score (nSPS) is 9.35. The number of carbonyl (C=O) groups is 1. The van der Waals surface area contributed by atoms with Gasteiger partial charge in [-0.3, -0.25) is 4.79 Å². The molecule has 7 nitrogen and oxygen atoms in total. The Kier molecular flexibility index (Phi) is 10.2. The van der Waals surface area contributed by atoms with E-state index in [1.807, 2.05) is 13.8 Å². The SMILES string of the molecule is CC.COC(=O)C(C)(C)CO.Cn1cnnn1. The molecule has 0 aliphatic carbocycles. The molecule has 0 saturated carbocycles. The number of esters is 1. The highest BCUT2D eigenvalue weighted by Crippen LogP contribution is 2.14. The fraction of sp³-hybridized carbons (Fsp3) is 0.800. The molecule has 0 aliphatic rings. The fourth-order valence-corrected chi connectivity index (χ4v) is 0.548. The molecule has 0 amide bonds. The van der Waals surface area contributed by atoms with Crippen LogP contribution in [0.4, 0.5) is 0 Å². The second-order valence-electron chi connectivity index (χ2n) is 3.52. The van der Waals surface area contributed by atoms with Crippen LogP contribution in [0.15, 0.2) is 6.33 Å². The lowest BCUT2D eigenvalue weighted by Crippen LogP contribution is -2.29. The van der Waals surface area contributed by atoms with E-state index in [2.05, 4.69) is 20.3 Å². The molecule has 0 aromatic carbocycles. The van der Waals surface area contributed by atoms with Gasteiger partial charge in [-0.25, -0.2) is 4.68 Å². The highest BCUT2D eigenvalue weighted by atomic mass is 16.5. The maximum atomic E-state index is 10.7. The van der Waals surface area contributed by atoms with Crippen molar-refractivity contribution in [2.45, 2.75) is 27.7 Å². The molecular formula is C10H22N4O3. The Labute approximate surface area is 102 Å². The Morgan fingerprint density at radius 2 is 2.00 bits per heavy atom. The van der Waals surface area contributed by atoms with E-state index >= 15 is 0 Å². The molecule has 100 valence electrons. The lowest BCUT2D eigenvalue weighted by atomic mass is 9.95. The molecule has 0 radical (unpaired) electrons. The predicted molar refractivity (Wildman–Crippen MR) is 63.0 cm³/mol. The molecule has 0 saturated heterocycles. The summed E-state index contributed by atoms with van der Waals surface area (Å²) in [4.78, 5) is 10.7. The van der Waals surface area contributed by atoms with Crippen molar-refractivity contribution in [3.05, 3.63) is 6.33 Å². The first-order chi connectivity index (χ1) is 7.94. The number of tetrazole rings is 1. The zero-order valence-corrected chi connectivity index (χ0v) is 11.3. The van der Waals surface area contributed by atoms with E-state index < -0.39 is 5.41 Å². The molecule has 1 heterocycles. The van der Waals surface area contributed by atoms with Crippen molar-refractivity contribution in [2.75, 3.05) is 13.7 Å². The molecular weight excluding hydrogens is 224 g/mol. The van der Waals surface area contributed by atoms with Gasteiger partial charge in [-0.15, -0.1) is 5.10 Å². The first-order valence-corrected chi connectivity index (χ1v) is 5.30. The van der Waals surface area contributed by atoms with E-state index in [0.29, 0.717) is 0 Å². The van der Waals surface area contributed by atoms with Gasteiger partial charge in [0.1, 0.15) is 6.33 Å². The van der Waals surface area contributed by atoms with E-state index in [0.717, 1.165) is 0 Å². The van der Waals surface area contributed by atoms with Gasteiger partial charge in [0.2, 0.25) is 0 Å². The van der Waals surface area contributed by atoms with Crippen LogP contribution in [0.25, 0.3) is 0 Å². The summed E-state index contributed by atoms with van der Waals surface area (Å²) in [5.41, 5.74) is -0.755. The molecule has 1 aromatic heterocycles. The van der Waals surface area contributed by atoms with Crippen molar-refractivity contribution in [2.24, 2.45) is 12.5 Å². The number of methoxy groups -OCH3 is 1. The monoisotopic (exact) mass is 246 g/mol. The van der Waals surface area contributed by atoms with Gasteiger partial charge in [-0.1, -0.05) is 13.8 Å². The van der Waals surface area contributed by atoms with Gasteiger partial charge in [0, 0.05) is 7.05 Å². The fourth-order valence-electron chi connectivity index (χ4n) is 0.548. The first kappa shape index (κ1) is 17.9. The van der Waals surface area contributed by atoms with Crippen LogP contribution in [0.1, 0.15) is 27.7 Å². The Balaban J connectivity index is 0. The third kappa shape index (κ3) is 8.32. The topological polar surface area (TPSA) is 90.1 Å². The standard InChI is InChI=1S/C6H12O3.C2H4N4.C2H6/c1-6(2,4-7)5(8)9-3;1-6-2-3-4-5-6;1-2/h7H,4H2,1-3H3;2H,1H3;1-2H3. The van der Waals surface area contributed by atoms with Crippen molar-refractivity contribution in [3.8, 4) is 0 Å². The zero-order chi connectivity index (χ0) is 13.9. The van der Waals surface area contributed by atoms with Crippen LogP contribution in [-0.4, -0.2) is 45.0 Å². The van der Waals surface area contributed by atoms with Crippen LogP contribution in [-0.2, 0) is 16.6 Å². The molecule has 0 bridgehead atoms. The number of ether oxygens (including phenoxy) is 1. The molecule has 0 spiro atoms. The van der Waals surface area contributed by atoms with Crippen molar-refractivity contribution in [1.29, 1.82) is 0 Å². The molecule has 0 aliphatic heterocycles. The van der Waals surface area contributed by atoms with Crippen LogP contribution in [0.3, 0.4) is 0 Å². The average molecular weight is 246 g/mol. The molecule has 7 heteroatoms. The van der Waals surface area contributed by atoms with E-state index in [1.54, 1.807) is 20.9 Å². The molecule has 0 atom stereocenters. The minimum atomic E-state index is -0.755. The third-order valence-corrected chi connectivity index (χ3v) is 1.58. The van der Waals surface area contributed by atoms with E-state index in [-0.39, 0.29) is 12.6 Å². The van der Waals surface area contributed by atoms with Gasteiger partial charge < -0.3 is 9.84 Å². The Bertz CT molecular complexity index is 286. The van der Waals surface area contributed by atoms with Crippen LogP contribution in [0.5, 0.6) is 0 Å². The number of hydrogen-bond donors (Lipinski definition) is 1. The minimum Gasteiger partial charge on any atom is -0.469 e. The number of aliphatic hydroxyl groups is 1. The van der Waals surface area contributed by atoms with Gasteiger partial charge in [0.25, 0.3) is 0 Å². The Hall–Kier alpha value is -1.50. The smallest absolute Gasteiger partial charge is 0.313 e. The van der Waals surface area contributed by atoms with E-state index in [9.17, 15) is 4.79 Å². The maximum Gasteiger partial charge on any atom is 0.313 e. The average Bonchev–Trinajstić information content (AvgIpc) is 2.82. The van der Waals surface area contributed by atoms with Crippen LogP contribution >= 0.6 is 0 Å². The van der Waals surface area contributed by atoms with Crippen molar-refractivity contribution < 1.29 is 14.6 Å². The highest BCUT2D eigenvalue weighted by molar-refractivity contribution is 5.75. The number of hydrogen-bond acceptors (Lipinski definition) is 6. The zero-order valence-electron chi connectivity index (χ0n) is 11.3. The van der Waals surface area contributed by atoms with Crippen molar-refractivity contribution in [1.82, 2.24) is 20.2 Å². The van der Waals surface area contributed by atoms with E-state index in [4.69, 9.17) is 5.11 Å². The predicted octanol–water partition coefficient (Wildman–Crippen LogP) is 0.414. The van der Waals surface area contributed by atoms with Gasteiger partial charge in [0.05, 0.1) is 19.1 Å². The van der Waals surface area contributed by atoms with Crippen molar-refractivity contribution in [3.63, 3.8) is 0 Å². The Morgan fingerprint density at radius 1 is 1.47 bits per heavy atom. The number of rotatable bonds is 2. The van der Waals surface area contributed by atoms with Gasteiger partial charge in [-0.05, 0) is 24.3 Å². The minimum absolute atomic E-state index is 0.181. The molecule has 0 unspecified atom stereocenters. The lowest BCUT2D eigenvalue weighted by molar-refractivity contribution is -0.152. The van der Waals surface area contributed by atoms with Crippen LogP contribution < -0.4 is 0 Å². The second kappa shape index (κ2) is 9.71. The Morgan fingerprint density at radius 3 is 2.12 bits per heavy atom. The summed E-state index contributed by atoms with van der Waals surface area (Å²) < 4.78 is 5.93. The van der Waals surface area contributed by atoms with Gasteiger partial charge in [0.15, 0.2) is 0 Å². The largest absolute Gasteiger partial charge is 0.469 e. The van der Waals surface area contributed by atoms with Crippen LogP contribution in [0, 0.1) is 5.41 Å². The summed E-state index contributed by atoms with van der Waals surface area (Å²) >= 11 is 0. The summed E-state index contributed by atoms with van der Waals surface area (Å²) in [6.45, 7) is 7.07. The number of nitrogens with zero attached hydrogens (tertiary/aromatic N) is 4. The van der Waals surface area contributed by atoms with Gasteiger partial charge in [-0.2, -0.15) is 0 Å². The number of aryl methyl sites for hydroxylation is 1. The first-order valence-electron chi connectivity index (χ1n) is 5.30.